The highest BCUT2D eigenvalue weighted by Gasteiger charge is 2.37. The monoisotopic (exact) mass is 565 g/mol. The number of nitrogens with one attached hydrogen (secondary N) is 2. The number of hydrogen-bond acceptors (Lipinski definition) is 6. The highest BCUT2D eigenvalue weighted by molar-refractivity contribution is 7.80. The molecule has 0 aliphatic heterocycles. The van der Waals surface area contributed by atoms with Gasteiger partial charge >= 0.3 is 6.09 Å². The number of amides is 3. The Balaban J connectivity index is 3.44. The molecule has 9 heteroatoms. The van der Waals surface area contributed by atoms with Gasteiger partial charge in [-0.25, -0.2) is 4.79 Å². The van der Waals surface area contributed by atoms with E-state index < -0.39 is 29.7 Å². The first kappa shape index (κ1) is 34.6. The minimum absolute atomic E-state index is 0.0193. The topological polar surface area (TPSA) is 108 Å². The van der Waals surface area contributed by atoms with Gasteiger partial charge < -0.3 is 25.4 Å². The van der Waals surface area contributed by atoms with Gasteiger partial charge in [0.25, 0.3) is 0 Å². The normalized spacial score (nSPS) is 13.7. The molecule has 0 aromatic heterocycles. The Labute approximate surface area is 241 Å². The lowest BCUT2D eigenvalue weighted by atomic mass is 9.98. The van der Waals surface area contributed by atoms with Crippen molar-refractivity contribution < 1.29 is 24.2 Å². The van der Waals surface area contributed by atoms with Gasteiger partial charge in [-0.05, 0) is 53.0 Å². The summed E-state index contributed by atoms with van der Waals surface area (Å²) in [5, 5.41) is 16.7. The Morgan fingerprint density at radius 1 is 1.03 bits per heavy atom. The second kappa shape index (κ2) is 17.3. The van der Waals surface area contributed by atoms with Crippen LogP contribution in [0.1, 0.15) is 110 Å². The molecule has 0 radical (unpaired) electrons. The van der Waals surface area contributed by atoms with Crippen molar-refractivity contribution >= 4 is 30.5 Å². The van der Waals surface area contributed by atoms with Crippen LogP contribution in [0.15, 0.2) is 18.2 Å². The van der Waals surface area contributed by atoms with Crippen molar-refractivity contribution in [2.75, 3.05) is 12.3 Å². The number of benzene rings is 1. The van der Waals surface area contributed by atoms with Gasteiger partial charge in [-0.1, -0.05) is 70.6 Å². The Kier molecular flexibility index (Phi) is 15.4. The van der Waals surface area contributed by atoms with Crippen LogP contribution < -0.4 is 10.6 Å². The van der Waals surface area contributed by atoms with Crippen LogP contribution in [0.3, 0.4) is 0 Å². The predicted molar refractivity (Wildman–Crippen MR) is 160 cm³/mol. The molecule has 0 aliphatic rings. The highest BCUT2D eigenvalue weighted by atomic mass is 32.1. The van der Waals surface area contributed by atoms with E-state index in [-0.39, 0.29) is 23.5 Å². The Hall–Kier alpha value is -2.42. The Bertz CT molecular complexity index is 918. The maximum atomic E-state index is 14.0. The number of ether oxygens (including phenoxy) is 1. The molecule has 222 valence electrons. The molecule has 1 rings (SSSR count). The van der Waals surface area contributed by atoms with Gasteiger partial charge in [-0.3, -0.25) is 9.59 Å². The number of phenolic OH excluding ortho intramolecular Hbond substituents is 1. The lowest BCUT2D eigenvalue weighted by Gasteiger charge is -2.35. The maximum Gasteiger partial charge on any atom is 0.408 e. The first-order chi connectivity index (χ1) is 18.4. The van der Waals surface area contributed by atoms with Crippen molar-refractivity contribution in [1.29, 1.82) is 0 Å². The lowest BCUT2D eigenvalue weighted by molar-refractivity contribution is -0.142. The third kappa shape index (κ3) is 12.1. The number of hydrogen-bond donors (Lipinski definition) is 4. The molecule has 0 saturated carbocycles. The summed E-state index contributed by atoms with van der Waals surface area (Å²) in [6.45, 7) is 13.4. The van der Waals surface area contributed by atoms with Crippen LogP contribution in [0, 0.1) is 6.92 Å². The van der Waals surface area contributed by atoms with Crippen LogP contribution in [-0.2, 0) is 14.3 Å². The second-order valence-corrected chi connectivity index (χ2v) is 11.7. The quantitative estimate of drug-likeness (QED) is 0.144. The smallest absolute Gasteiger partial charge is 0.408 e. The van der Waals surface area contributed by atoms with Crippen molar-refractivity contribution in [3.63, 3.8) is 0 Å². The summed E-state index contributed by atoms with van der Waals surface area (Å²) in [7, 11) is 0. The number of nitrogens with zero attached hydrogens (tertiary/aromatic N) is 1. The molecule has 1 aromatic carbocycles. The summed E-state index contributed by atoms with van der Waals surface area (Å²) >= 11 is 4.34. The van der Waals surface area contributed by atoms with E-state index >= 15 is 0 Å². The van der Waals surface area contributed by atoms with Crippen LogP contribution >= 0.6 is 12.6 Å². The molecule has 39 heavy (non-hydrogen) atoms. The van der Waals surface area contributed by atoms with Crippen molar-refractivity contribution in [2.24, 2.45) is 0 Å². The second-order valence-electron chi connectivity index (χ2n) is 11.3. The zero-order valence-corrected chi connectivity index (χ0v) is 25.9. The summed E-state index contributed by atoms with van der Waals surface area (Å²) in [5.74, 6) is -0.824. The highest BCUT2D eigenvalue weighted by Crippen LogP contribution is 2.33. The van der Waals surface area contributed by atoms with E-state index in [2.05, 4.69) is 30.2 Å². The minimum Gasteiger partial charge on any atom is -0.507 e. The van der Waals surface area contributed by atoms with Crippen LogP contribution in [-0.4, -0.2) is 57.9 Å². The molecular weight excluding hydrogens is 514 g/mol. The number of thiol groups is 1. The van der Waals surface area contributed by atoms with Gasteiger partial charge in [0, 0.05) is 23.9 Å². The molecular formula is C30H51N3O5S. The van der Waals surface area contributed by atoms with Crippen molar-refractivity contribution in [3.05, 3.63) is 29.3 Å². The zero-order chi connectivity index (χ0) is 29.6. The van der Waals surface area contributed by atoms with Gasteiger partial charge in [0.15, 0.2) is 0 Å². The number of aromatic hydroxyl groups is 1. The Morgan fingerprint density at radius 3 is 2.26 bits per heavy atom. The molecule has 8 nitrogen and oxygen atoms in total. The summed E-state index contributed by atoms with van der Waals surface area (Å²) < 4.78 is 5.37. The fourth-order valence-corrected chi connectivity index (χ4v) is 4.69. The minimum atomic E-state index is -1.07. The van der Waals surface area contributed by atoms with E-state index in [1.54, 1.807) is 45.9 Å². The molecule has 3 N–H and O–H groups in total. The molecule has 0 bridgehead atoms. The first-order valence-electron chi connectivity index (χ1n) is 14.4. The van der Waals surface area contributed by atoms with E-state index in [0.717, 1.165) is 44.9 Å². The van der Waals surface area contributed by atoms with E-state index in [1.165, 1.54) is 4.90 Å². The number of aryl methyl sites for hydroxylation is 1. The SMILES string of the molecule is CCCCCCCCN(C(=O)C(CS)NC(=O)OC(C)(C)C)C(C(=O)NC(C)CCC)c1cccc(C)c1O. The van der Waals surface area contributed by atoms with Crippen molar-refractivity contribution in [1.82, 2.24) is 15.5 Å². The summed E-state index contributed by atoms with van der Waals surface area (Å²) in [4.78, 5) is 41.8. The molecule has 0 saturated heterocycles. The molecule has 0 fully saturated rings. The Morgan fingerprint density at radius 2 is 1.67 bits per heavy atom. The summed E-state index contributed by atoms with van der Waals surface area (Å²) in [5.41, 5.74) is 0.222. The van der Waals surface area contributed by atoms with Gasteiger partial charge in [-0.2, -0.15) is 12.6 Å². The number of carbonyl (C=O) groups is 3. The standard InChI is InChI=1S/C30H51N3O5S/c1-8-10-11-12-13-14-19-33(28(36)24(20-39)32-29(37)38-30(5,6)7)25(27(35)31-22(4)16-9-2)23-18-15-17-21(3)26(23)34/h15,17-18,22,24-25,34,39H,8-14,16,19-20H2,1-7H3,(H,31,35)(H,32,37). The molecule has 1 aromatic rings. The van der Waals surface area contributed by atoms with Crippen LogP contribution in [0.5, 0.6) is 5.75 Å². The summed E-state index contributed by atoms with van der Waals surface area (Å²) in [6.07, 6.45) is 6.95. The van der Waals surface area contributed by atoms with E-state index in [1.807, 2.05) is 13.8 Å². The summed E-state index contributed by atoms with van der Waals surface area (Å²) in [6, 6.07) is 3.00. The zero-order valence-electron chi connectivity index (χ0n) is 25.0. The number of carbonyl (C=O) groups excluding carboxylic acids is 3. The third-order valence-corrected chi connectivity index (χ3v) is 6.81. The largest absolute Gasteiger partial charge is 0.507 e. The molecule has 3 unspecified atom stereocenters. The maximum absolute atomic E-state index is 14.0. The molecule has 0 heterocycles. The predicted octanol–water partition coefficient (Wildman–Crippen LogP) is 6.06. The molecule has 3 atom stereocenters. The van der Waals surface area contributed by atoms with Gasteiger partial charge in [0.05, 0.1) is 0 Å². The number of alkyl carbamates (subject to hydrolysis) is 1. The van der Waals surface area contributed by atoms with Crippen LogP contribution in [0.4, 0.5) is 4.79 Å². The van der Waals surface area contributed by atoms with E-state index in [9.17, 15) is 19.5 Å². The number of phenols is 1. The molecule has 3 amide bonds. The van der Waals surface area contributed by atoms with Crippen molar-refractivity contribution in [3.8, 4) is 5.75 Å². The first-order valence-corrected chi connectivity index (χ1v) is 15.0. The van der Waals surface area contributed by atoms with Gasteiger partial charge in [0.2, 0.25) is 11.8 Å². The van der Waals surface area contributed by atoms with E-state index in [0.29, 0.717) is 24.1 Å². The van der Waals surface area contributed by atoms with Crippen LogP contribution in [0.2, 0.25) is 0 Å². The molecule has 0 spiro atoms. The fourth-order valence-electron chi connectivity index (χ4n) is 4.44. The van der Waals surface area contributed by atoms with Crippen LogP contribution in [0.25, 0.3) is 0 Å². The van der Waals surface area contributed by atoms with Crippen molar-refractivity contribution in [2.45, 2.75) is 124 Å². The van der Waals surface area contributed by atoms with E-state index in [4.69, 9.17) is 4.74 Å². The van der Waals surface area contributed by atoms with Gasteiger partial charge in [0.1, 0.15) is 23.4 Å². The number of unbranched alkanes of at least 4 members (excludes halogenated alkanes) is 5. The average Bonchev–Trinajstić information content (AvgIpc) is 2.84. The van der Waals surface area contributed by atoms with Gasteiger partial charge in [-0.15, -0.1) is 0 Å². The average molecular weight is 566 g/mol. The lowest BCUT2D eigenvalue weighted by Crippen LogP contribution is -2.54. The third-order valence-electron chi connectivity index (χ3n) is 6.44. The molecule has 0 aliphatic carbocycles. The number of rotatable bonds is 16. The number of para-hydroxylation sites is 1. The fraction of sp³-hybridized carbons (Fsp3) is 0.700.